The molecule has 2 aromatic heterocycles. The lowest BCUT2D eigenvalue weighted by molar-refractivity contribution is -0.118. The van der Waals surface area contributed by atoms with E-state index >= 15 is 0 Å². The van der Waals surface area contributed by atoms with Gasteiger partial charge >= 0.3 is 6.09 Å². The third-order valence-electron chi connectivity index (χ3n) is 5.08. The highest BCUT2D eigenvalue weighted by molar-refractivity contribution is 9.10. The maximum atomic E-state index is 13.1. The fourth-order valence-corrected chi connectivity index (χ4v) is 4.17. The fraction of sp³-hybridized carbons (Fsp3) is 0.423. The highest BCUT2D eigenvalue weighted by atomic mass is 79.9. The van der Waals surface area contributed by atoms with Gasteiger partial charge in [-0.05, 0) is 90.9 Å². The molecule has 2 amide bonds. The van der Waals surface area contributed by atoms with Gasteiger partial charge in [-0.15, -0.1) is 0 Å². The number of anilines is 1. The zero-order valence-electron chi connectivity index (χ0n) is 20.8. The molecule has 2 heterocycles. The van der Waals surface area contributed by atoms with Crippen LogP contribution in [0.15, 0.2) is 47.2 Å². The number of amides is 2. The number of fused-ring (bicyclic) bond motifs is 1. The van der Waals surface area contributed by atoms with E-state index in [9.17, 15) is 9.59 Å². The van der Waals surface area contributed by atoms with E-state index < -0.39 is 17.7 Å². The first kappa shape index (κ1) is 25.7. The maximum Gasteiger partial charge on any atom is 0.408 e. The van der Waals surface area contributed by atoms with E-state index in [2.05, 4.69) is 31.7 Å². The molecule has 0 aliphatic heterocycles. The van der Waals surface area contributed by atoms with Crippen molar-refractivity contribution in [2.45, 2.75) is 66.5 Å². The molecule has 0 saturated heterocycles. The number of hydrogen-bond donors (Lipinski definition) is 2. The predicted molar refractivity (Wildman–Crippen MR) is 139 cm³/mol. The monoisotopic (exact) mass is 528 g/mol. The molecule has 0 aliphatic carbocycles. The van der Waals surface area contributed by atoms with Crippen molar-refractivity contribution in [3.63, 3.8) is 0 Å². The Hall–Kier alpha value is -2.87. The molecule has 2 N–H and O–H groups in total. The van der Waals surface area contributed by atoms with Crippen LogP contribution in [0.2, 0.25) is 0 Å². The second kappa shape index (κ2) is 9.78. The van der Waals surface area contributed by atoms with Gasteiger partial charge in [-0.25, -0.2) is 9.31 Å². The lowest BCUT2D eigenvalue weighted by atomic mass is 9.87. The minimum absolute atomic E-state index is 0.172. The van der Waals surface area contributed by atoms with Crippen molar-refractivity contribution in [3.05, 3.63) is 52.8 Å². The van der Waals surface area contributed by atoms with Gasteiger partial charge in [0, 0.05) is 28.1 Å². The van der Waals surface area contributed by atoms with Gasteiger partial charge in [0.15, 0.2) is 0 Å². The number of benzene rings is 1. The van der Waals surface area contributed by atoms with E-state index in [-0.39, 0.29) is 11.3 Å². The minimum atomic E-state index is -0.729. The van der Waals surface area contributed by atoms with E-state index in [1.54, 1.807) is 27.0 Å². The van der Waals surface area contributed by atoms with Gasteiger partial charge in [0.1, 0.15) is 11.6 Å². The third-order valence-corrected chi connectivity index (χ3v) is 5.52. The number of nitrogens with zero attached hydrogens (tertiary/aromatic N) is 2. The third kappa shape index (κ3) is 6.82. The van der Waals surface area contributed by atoms with Crippen molar-refractivity contribution in [2.75, 3.05) is 5.32 Å². The number of hydrogen-bond acceptors (Lipinski definition) is 4. The van der Waals surface area contributed by atoms with Crippen molar-refractivity contribution in [3.8, 4) is 11.1 Å². The lowest BCUT2D eigenvalue weighted by Gasteiger charge is -2.27. The summed E-state index contributed by atoms with van der Waals surface area (Å²) in [4.78, 5) is 25.5. The van der Waals surface area contributed by atoms with Crippen LogP contribution in [0.1, 0.15) is 53.5 Å². The Bertz CT molecular complexity index is 1200. The molecule has 0 bridgehead atoms. The highest BCUT2D eigenvalue weighted by Gasteiger charge is 2.28. The van der Waals surface area contributed by atoms with Gasteiger partial charge in [-0.3, -0.25) is 4.79 Å². The summed E-state index contributed by atoms with van der Waals surface area (Å²) >= 11 is 3.51. The second-order valence-corrected chi connectivity index (χ2v) is 11.6. The van der Waals surface area contributed by atoms with Gasteiger partial charge in [0.25, 0.3) is 0 Å². The van der Waals surface area contributed by atoms with E-state index in [0.717, 1.165) is 26.7 Å². The second-order valence-electron chi connectivity index (χ2n) is 10.7. The molecular weight excluding hydrogens is 496 g/mol. The molecule has 0 fully saturated rings. The summed E-state index contributed by atoms with van der Waals surface area (Å²) in [6.07, 6.45) is 3.54. The Morgan fingerprint density at radius 1 is 1.09 bits per heavy atom. The topological polar surface area (TPSA) is 84.7 Å². The summed E-state index contributed by atoms with van der Waals surface area (Å²) in [5.74, 6) is -0.283. The summed E-state index contributed by atoms with van der Waals surface area (Å²) in [5.41, 5.74) is 3.94. The van der Waals surface area contributed by atoms with Crippen LogP contribution in [0.25, 0.3) is 16.6 Å². The molecule has 3 aromatic rings. The van der Waals surface area contributed by atoms with Gasteiger partial charge in [0.05, 0.1) is 5.52 Å². The van der Waals surface area contributed by atoms with Crippen molar-refractivity contribution in [1.29, 1.82) is 0 Å². The summed E-state index contributed by atoms with van der Waals surface area (Å²) in [6.45, 7) is 13.5. The van der Waals surface area contributed by atoms with Crippen LogP contribution < -0.4 is 10.6 Å². The van der Waals surface area contributed by atoms with E-state index in [0.29, 0.717) is 12.1 Å². The van der Waals surface area contributed by atoms with Gasteiger partial charge < -0.3 is 15.4 Å². The molecule has 182 valence electrons. The first-order chi connectivity index (χ1) is 15.7. The van der Waals surface area contributed by atoms with Crippen LogP contribution in [0.5, 0.6) is 0 Å². The zero-order chi connectivity index (χ0) is 25.3. The summed E-state index contributed by atoms with van der Waals surface area (Å²) in [7, 11) is 0. The predicted octanol–water partition coefficient (Wildman–Crippen LogP) is 6.34. The van der Waals surface area contributed by atoms with Gasteiger partial charge in [-0.1, -0.05) is 26.8 Å². The Labute approximate surface area is 209 Å². The molecule has 8 heteroatoms. The number of carbonyl (C=O) groups excluding carboxylic acids is 2. The minimum Gasteiger partial charge on any atom is -0.444 e. The molecule has 0 unspecified atom stereocenters. The number of aromatic nitrogens is 2. The van der Waals surface area contributed by atoms with Crippen molar-refractivity contribution >= 4 is 39.1 Å². The quantitative estimate of drug-likeness (QED) is 0.404. The molecule has 1 atom stereocenters. The maximum absolute atomic E-state index is 13.1. The standard InChI is InChI=1S/C26H33BrN4O3/c1-16-12-18(8-9-19(16)20-10-11-28-31-15-17(27)13-22(20)31)29-23(32)21(14-25(2,3)4)30-24(33)34-26(5,6)7/h8-13,15,21H,14H2,1-7H3,(H,29,32)(H,30,33)/t21-/m1/s1. The van der Waals surface area contributed by atoms with Crippen LogP contribution in [0.4, 0.5) is 10.5 Å². The Balaban J connectivity index is 1.81. The van der Waals surface area contributed by atoms with Crippen molar-refractivity contribution in [1.82, 2.24) is 14.9 Å². The van der Waals surface area contributed by atoms with Crippen molar-refractivity contribution in [2.24, 2.45) is 5.41 Å². The summed E-state index contributed by atoms with van der Waals surface area (Å²) in [5, 5.41) is 10.1. The van der Waals surface area contributed by atoms with E-state index in [1.807, 2.05) is 68.7 Å². The lowest BCUT2D eigenvalue weighted by Crippen LogP contribution is -2.47. The molecule has 0 spiro atoms. The highest BCUT2D eigenvalue weighted by Crippen LogP contribution is 2.31. The van der Waals surface area contributed by atoms with Crippen LogP contribution in [0.3, 0.4) is 0 Å². The normalized spacial score (nSPS) is 12.9. The fourth-order valence-electron chi connectivity index (χ4n) is 3.75. The Morgan fingerprint density at radius 2 is 1.79 bits per heavy atom. The van der Waals surface area contributed by atoms with Crippen molar-refractivity contribution < 1.29 is 14.3 Å². The van der Waals surface area contributed by atoms with Crippen LogP contribution in [0, 0.1) is 12.3 Å². The summed E-state index contributed by atoms with van der Waals surface area (Å²) < 4.78 is 8.15. The van der Waals surface area contributed by atoms with E-state index in [1.165, 1.54) is 0 Å². The smallest absolute Gasteiger partial charge is 0.408 e. The molecular formula is C26H33BrN4O3. The average molecular weight is 529 g/mol. The molecule has 0 saturated carbocycles. The number of halogens is 1. The number of alkyl carbamates (subject to hydrolysis) is 1. The largest absolute Gasteiger partial charge is 0.444 e. The Morgan fingerprint density at radius 3 is 2.41 bits per heavy atom. The number of nitrogens with one attached hydrogen (secondary N) is 2. The molecule has 1 aromatic carbocycles. The number of ether oxygens (including phenoxy) is 1. The van der Waals surface area contributed by atoms with Crippen LogP contribution >= 0.6 is 15.9 Å². The Kier molecular flexibility index (Phi) is 7.41. The van der Waals surface area contributed by atoms with Crippen LogP contribution in [-0.2, 0) is 9.53 Å². The molecule has 34 heavy (non-hydrogen) atoms. The van der Waals surface area contributed by atoms with Gasteiger partial charge in [-0.2, -0.15) is 5.10 Å². The summed E-state index contributed by atoms with van der Waals surface area (Å²) in [6, 6.07) is 9.07. The zero-order valence-corrected chi connectivity index (χ0v) is 22.4. The molecule has 0 aliphatic rings. The number of rotatable bonds is 5. The van der Waals surface area contributed by atoms with E-state index in [4.69, 9.17) is 4.74 Å². The number of carbonyl (C=O) groups is 2. The molecule has 3 rings (SSSR count). The first-order valence-electron chi connectivity index (χ1n) is 11.3. The first-order valence-corrected chi connectivity index (χ1v) is 12.1. The molecule has 7 nitrogen and oxygen atoms in total. The van der Waals surface area contributed by atoms with Crippen LogP contribution in [-0.4, -0.2) is 33.3 Å². The number of aryl methyl sites for hydroxylation is 1. The average Bonchev–Trinajstić information content (AvgIpc) is 3.05. The molecule has 0 radical (unpaired) electrons. The van der Waals surface area contributed by atoms with Gasteiger partial charge in [0.2, 0.25) is 5.91 Å². The SMILES string of the molecule is Cc1cc(NC(=O)[C@@H](CC(C)(C)C)NC(=O)OC(C)(C)C)ccc1-c1ccnn2cc(Br)cc12.